The monoisotopic (exact) mass is 305 g/mol. The van der Waals surface area contributed by atoms with Gasteiger partial charge in [-0.3, -0.25) is 9.59 Å². The van der Waals surface area contributed by atoms with Crippen LogP contribution in [0.2, 0.25) is 0 Å². The van der Waals surface area contributed by atoms with Crippen molar-refractivity contribution >= 4 is 23.2 Å². The number of rotatable bonds is 3. The maximum absolute atomic E-state index is 12.8. The predicted molar refractivity (Wildman–Crippen MR) is 75.8 cm³/mol. The van der Waals surface area contributed by atoms with Crippen LogP contribution in [0.4, 0.5) is 0 Å². The van der Waals surface area contributed by atoms with E-state index in [1.807, 2.05) is 30.5 Å². The van der Waals surface area contributed by atoms with Gasteiger partial charge in [-0.25, -0.2) is 0 Å². The Morgan fingerprint density at radius 3 is 3.10 bits per heavy atom. The lowest BCUT2D eigenvalue weighted by molar-refractivity contribution is -0.148. The molecule has 1 aromatic rings. The van der Waals surface area contributed by atoms with E-state index >= 15 is 0 Å². The lowest BCUT2D eigenvalue weighted by Gasteiger charge is -2.26. The number of likely N-dealkylation sites (tertiary alicyclic amines) is 1. The molecular weight excluding hydrogens is 290 g/mol. The Bertz CT molecular complexity index is 640. The van der Waals surface area contributed by atoms with Crippen molar-refractivity contribution in [1.29, 1.82) is 0 Å². The number of ether oxygens (including phenoxy) is 1. The molecule has 0 aliphatic carbocycles. The zero-order valence-corrected chi connectivity index (χ0v) is 12.2. The van der Waals surface area contributed by atoms with E-state index in [1.54, 1.807) is 22.3 Å². The topological polar surface area (TPSA) is 66.8 Å². The number of fused-ring (bicyclic) bond motifs is 1. The molecule has 1 aromatic heterocycles. The average molecular weight is 305 g/mol. The first-order chi connectivity index (χ1) is 10.0. The summed E-state index contributed by atoms with van der Waals surface area (Å²) < 4.78 is 5.87. The Labute approximate surface area is 125 Å². The molecule has 6 heteroatoms. The van der Waals surface area contributed by atoms with Crippen LogP contribution in [0.1, 0.15) is 17.8 Å². The number of hydrogen-bond donors (Lipinski definition) is 1. The van der Waals surface area contributed by atoms with E-state index in [2.05, 4.69) is 0 Å². The molecule has 5 nitrogen and oxygen atoms in total. The first-order valence-corrected chi connectivity index (χ1v) is 7.85. The van der Waals surface area contributed by atoms with Crippen LogP contribution in [-0.4, -0.2) is 40.1 Å². The Balaban J connectivity index is 1.69. The van der Waals surface area contributed by atoms with Crippen molar-refractivity contribution < 1.29 is 19.4 Å². The molecule has 0 saturated carbocycles. The highest BCUT2D eigenvalue weighted by atomic mass is 32.1. The van der Waals surface area contributed by atoms with Gasteiger partial charge in [0.05, 0.1) is 24.6 Å². The average Bonchev–Trinajstić information content (AvgIpc) is 3.18. The first-order valence-electron chi connectivity index (χ1n) is 6.97. The fourth-order valence-corrected chi connectivity index (χ4v) is 4.62. The summed E-state index contributed by atoms with van der Waals surface area (Å²) in [5, 5.41) is 11.4. The van der Waals surface area contributed by atoms with Crippen molar-refractivity contribution in [2.75, 3.05) is 6.54 Å². The smallest absolute Gasteiger partial charge is 0.310 e. The second-order valence-electron chi connectivity index (χ2n) is 5.90. The first kappa shape index (κ1) is 13.0. The fraction of sp³-hybridized carbons (Fsp3) is 0.467. The van der Waals surface area contributed by atoms with Crippen molar-refractivity contribution in [2.45, 2.75) is 24.7 Å². The number of carbonyl (C=O) groups is 2. The molecule has 4 rings (SSSR count). The van der Waals surface area contributed by atoms with E-state index in [0.29, 0.717) is 6.54 Å². The molecule has 110 valence electrons. The summed E-state index contributed by atoms with van der Waals surface area (Å²) in [5.41, 5.74) is -0.740. The van der Waals surface area contributed by atoms with Gasteiger partial charge in [0.1, 0.15) is 11.5 Å². The molecule has 5 atom stereocenters. The number of carboxylic acids is 1. The van der Waals surface area contributed by atoms with Crippen LogP contribution >= 0.6 is 11.3 Å². The van der Waals surface area contributed by atoms with Crippen LogP contribution in [0.3, 0.4) is 0 Å². The van der Waals surface area contributed by atoms with Gasteiger partial charge in [-0.1, -0.05) is 18.2 Å². The van der Waals surface area contributed by atoms with Gasteiger partial charge in [-0.05, 0) is 18.4 Å². The lowest BCUT2D eigenvalue weighted by Crippen LogP contribution is -2.39. The predicted octanol–water partition coefficient (Wildman–Crippen LogP) is 1.68. The Kier molecular flexibility index (Phi) is 2.59. The molecule has 3 aliphatic heterocycles. The minimum absolute atomic E-state index is 0.0528. The normalized spacial score (nSPS) is 38.0. The summed E-state index contributed by atoms with van der Waals surface area (Å²) in [4.78, 5) is 27.1. The number of aliphatic carboxylic acids is 1. The molecule has 5 unspecified atom stereocenters. The number of thiophene rings is 1. The van der Waals surface area contributed by atoms with Gasteiger partial charge >= 0.3 is 5.97 Å². The minimum atomic E-state index is -0.949. The largest absolute Gasteiger partial charge is 0.481 e. The van der Waals surface area contributed by atoms with Crippen LogP contribution in [0.5, 0.6) is 0 Å². The minimum Gasteiger partial charge on any atom is -0.481 e. The molecule has 0 aromatic carbocycles. The number of carbonyl (C=O) groups excluding carboxylic acids is 1. The number of amides is 1. The summed E-state index contributed by atoms with van der Waals surface area (Å²) in [5.74, 6) is -2.40. The zero-order chi connectivity index (χ0) is 14.8. The summed E-state index contributed by atoms with van der Waals surface area (Å²) >= 11 is 1.60. The summed E-state index contributed by atoms with van der Waals surface area (Å²) in [6, 6.07) is 3.90. The molecule has 2 fully saturated rings. The van der Waals surface area contributed by atoms with Crippen molar-refractivity contribution in [2.24, 2.45) is 11.8 Å². The van der Waals surface area contributed by atoms with Gasteiger partial charge in [0.25, 0.3) is 0 Å². The van der Waals surface area contributed by atoms with Crippen molar-refractivity contribution in [3.8, 4) is 0 Å². The maximum atomic E-state index is 12.8. The molecule has 3 aliphatic rings. The Morgan fingerprint density at radius 2 is 2.43 bits per heavy atom. The SMILES string of the molecule is CC(c1cccs1)N1CC23C=CC(O2)C(C(=O)O)C3C1=O. The molecule has 1 N–H and O–H groups in total. The second kappa shape index (κ2) is 4.18. The van der Waals surface area contributed by atoms with Gasteiger partial charge < -0.3 is 14.7 Å². The molecule has 21 heavy (non-hydrogen) atoms. The molecule has 4 heterocycles. The highest BCUT2D eigenvalue weighted by molar-refractivity contribution is 7.10. The molecule has 2 saturated heterocycles. The van der Waals surface area contributed by atoms with Gasteiger partial charge in [0, 0.05) is 4.88 Å². The summed E-state index contributed by atoms with van der Waals surface area (Å²) in [6.07, 6.45) is 3.22. The van der Waals surface area contributed by atoms with Crippen molar-refractivity contribution in [3.63, 3.8) is 0 Å². The van der Waals surface area contributed by atoms with Crippen LogP contribution < -0.4 is 0 Å². The molecule has 2 bridgehead atoms. The summed E-state index contributed by atoms with van der Waals surface area (Å²) in [7, 11) is 0. The Morgan fingerprint density at radius 1 is 1.62 bits per heavy atom. The van der Waals surface area contributed by atoms with E-state index in [9.17, 15) is 14.7 Å². The quantitative estimate of drug-likeness (QED) is 0.863. The van der Waals surface area contributed by atoms with Gasteiger partial charge in [-0.15, -0.1) is 11.3 Å². The van der Waals surface area contributed by atoms with Gasteiger partial charge in [0.2, 0.25) is 5.91 Å². The highest BCUT2D eigenvalue weighted by Crippen LogP contribution is 2.53. The number of carboxylic acid groups (broad SMARTS) is 1. The van der Waals surface area contributed by atoms with Crippen LogP contribution in [0.25, 0.3) is 0 Å². The van der Waals surface area contributed by atoms with E-state index in [0.717, 1.165) is 4.88 Å². The van der Waals surface area contributed by atoms with Crippen molar-refractivity contribution in [1.82, 2.24) is 4.90 Å². The van der Waals surface area contributed by atoms with E-state index in [1.165, 1.54) is 0 Å². The molecular formula is C15H15NO4S. The zero-order valence-electron chi connectivity index (χ0n) is 11.4. The van der Waals surface area contributed by atoms with Gasteiger partial charge in [0.15, 0.2) is 0 Å². The van der Waals surface area contributed by atoms with Crippen LogP contribution in [-0.2, 0) is 14.3 Å². The standard InChI is InChI=1S/C15H15NO4S/c1-8(10-3-2-6-21-10)16-7-15-5-4-9(20-15)11(14(18)19)12(15)13(16)17/h2-6,8-9,11-12H,7H2,1H3,(H,18,19). The third-order valence-corrected chi connectivity index (χ3v) is 5.88. The third-order valence-electron chi connectivity index (χ3n) is 4.84. The second-order valence-corrected chi connectivity index (χ2v) is 6.88. The fourth-order valence-electron chi connectivity index (χ4n) is 3.82. The number of nitrogens with zero attached hydrogens (tertiary/aromatic N) is 1. The maximum Gasteiger partial charge on any atom is 0.310 e. The number of hydrogen-bond acceptors (Lipinski definition) is 4. The van der Waals surface area contributed by atoms with Crippen LogP contribution in [0.15, 0.2) is 29.7 Å². The van der Waals surface area contributed by atoms with Crippen molar-refractivity contribution in [3.05, 3.63) is 34.5 Å². The molecule has 1 amide bonds. The van der Waals surface area contributed by atoms with E-state index in [-0.39, 0.29) is 11.9 Å². The highest BCUT2D eigenvalue weighted by Gasteiger charge is 2.67. The molecule has 0 radical (unpaired) electrons. The van der Waals surface area contributed by atoms with E-state index in [4.69, 9.17) is 4.74 Å². The third kappa shape index (κ3) is 1.60. The lowest BCUT2D eigenvalue weighted by atomic mass is 9.77. The van der Waals surface area contributed by atoms with Crippen LogP contribution in [0, 0.1) is 11.8 Å². The van der Waals surface area contributed by atoms with E-state index < -0.39 is 29.5 Å². The van der Waals surface area contributed by atoms with Gasteiger partial charge in [-0.2, -0.15) is 0 Å². The molecule has 1 spiro atoms. The Hall–Kier alpha value is -1.66. The summed E-state index contributed by atoms with van der Waals surface area (Å²) in [6.45, 7) is 2.42.